The molecular weight excluding hydrogens is 370 g/mol. The molecule has 0 spiro atoms. The number of rotatable bonds is 5. The number of carbonyl (C=O) groups is 1. The average molecular weight is 391 g/mol. The minimum atomic E-state index is -0.775. The monoisotopic (exact) mass is 391 g/mol. The van der Waals surface area contributed by atoms with Gasteiger partial charge < -0.3 is 9.67 Å². The molecule has 0 saturated heterocycles. The Morgan fingerprint density at radius 3 is 2.40 bits per heavy atom. The van der Waals surface area contributed by atoms with Crippen molar-refractivity contribution in [2.75, 3.05) is 0 Å². The Balaban J connectivity index is 1.77. The van der Waals surface area contributed by atoms with Crippen LogP contribution in [0.1, 0.15) is 12.0 Å². The van der Waals surface area contributed by atoms with Crippen molar-refractivity contribution in [3.05, 3.63) is 103 Å². The number of aliphatic carboxylic acids is 1. The number of carboxylic acid groups (broad SMARTS) is 1. The first-order valence-corrected chi connectivity index (χ1v) is 10.1. The summed E-state index contributed by atoms with van der Waals surface area (Å²) in [6, 6.07) is 33.6. The molecule has 0 saturated carbocycles. The smallest absolute Gasteiger partial charge is 0.303 e. The largest absolute Gasteiger partial charge is 0.481 e. The zero-order valence-electron chi connectivity index (χ0n) is 16.5. The maximum absolute atomic E-state index is 11.0. The topological polar surface area (TPSA) is 42.2 Å². The van der Waals surface area contributed by atoms with Crippen LogP contribution in [0.5, 0.6) is 0 Å². The first kappa shape index (κ1) is 18.2. The lowest BCUT2D eigenvalue weighted by atomic mass is 10.1. The fourth-order valence-electron chi connectivity index (χ4n) is 4.16. The highest BCUT2D eigenvalue weighted by Gasteiger charge is 2.14. The molecule has 1 heterocycles. The van der Waals surface area contributed by atoms with Crippen LogP contribution in [0.25, 0.3) is 38.6 Å². The summed E-state index contributed by atoms with van der Waals surface area (Å²) < 4.78 is 2.28. The van der Waals surface area contributed by atoms with Gasteiger partial charge in [0, 0.05) is 17.5 Å². The molecule has 0 aliphatic carbocycles. The van der Waals surface area contributed by atoms with Crippen LogP contribution in [0, 0.1) is 0 Å². The number of nitrogens with zero attached hydrogens (tertiary/aromatic N) is 1. The summed E-state index contributed by atoms with van der Waals surface area (Å²) in [4.78, 5) is 11.0. The predicted octanol–water partition coefficient (Wildman–Crippen LogP) is 6.47. The minimum absolute atomic E-state index is 0.131. The Morgan fingerprint density at radius 1 is 0.767 bits per heavy atom. The number of hydrogen-bond donors (Lipinski definition) is 1. The Bertz CT molecular complexity index is 1370. The van der Waals surface area contributed by atoms with Gasteiger partial charge in [0.15, 0.2) is 0 Å². The highest BCUT2D eigenvalue weighted by Crippen LogP contribution is 2.35. The van der Waals surface area contributed by atoms with Gasteiger partial charge in [0.1, 0.15) is 0 Å². The third-order valence-electron chi connectivity index (χ3n) is 5.58. The van der Waals surface area contributed by atoms with Gasteiger partial charge in [0.2, 0.25) is 0 Å². The standard InChI is InChI=1S/C27H21NO2/c29-27(30)16-13-19-7-6-11-22(17-19)28-25-15-14-20-8-4-5-12-23(20)24(25)18-26(28)21-9-2-1-3-10-21/h1-12,14-15,17-18H,13,16H2,(H,29,30). The number of aryl methyl sites for hydroxylation is 1. The van der Waals surface area contributed by atoms with E-state index in [4.69, 9.17) is 5.11 Å². The van der Waals surface area contributed by atoms with E-state index < -0.39 is 5.97 Å². The summed E-state index contributed by atoms with van der Waals surface area (Å²) in [5.74, 6) is -0.775. The fraction of sp³-hybridized carbons (Fsp3) is 0.0741. The molecule has 0 radical (unpaired) electrons. The second-order valence-corrected chi connectivity index (χ2v) is 7.51. The van der Waals surface area contributed by atoms with E-state index in [1.165, 1.54) is 16.2 Å². The summed E-state index contributed by atoms with van der Waals surface area (Å²) in [5.41, 5.74) is 5.48. The van der Waals surface area contributed by atoms with Crippen LogP contribution < -0.4 is 0 Å². The summed E-state index contributed by atoms with van der Waals surface area (Å²) in [5, 5.41) is 12.7. The second-order valence-electron chi connectivity index (χ2n) is 7.51. The van der Waals surface area contributed by atoms with Crippen molar-refractivity contribution in [2.45, 2.75) is 12.8 Å². The molecule has 0 aliphatic heterocycles. The van der Waals surface area contributed by atoms with Crippen LogP contribution in [0.2, 0.25) is 0 Å². The molecule has 0 aliphatic rings. The minimum Gasteiger partial charge on any atom is -0.481 e. The van der Waals surface area contributed by atoms with Crippen LogP contribution in [-0.2, 0) is 11.2 Å². The van der Waals surface area contributed by atoms with Crippen LogP contribution in [0.4, 0.5) is 0 Å². The molecule has 0 fully saturated rings. The number of fused-ring (bicyclic) bond motifs is 3. The van der Waals surface area contributed by atoms with Crippen molar-refractivity contribution in [3.8, 4) is 16.9 Å². The van der Waals surface area contributed by atoms with Gasteiger partial charge in [-0.25, -0.2) is 0 Å². The van der Waals surface area contributed by atoms with Crippen LogP contribution in [0.15, 0.2) is 97.1 Å². The average Bonchev–Trinajstić information content (AvgIpc) is 3.19. The van der Waals surface area contributed by atoms with E-state index in [0.29, 0.717) is 6.42 Å². The Labute approximate surface area is 174 Å². The Hall–Kier alpha value is -3.85. The maximum atomic E-state index is 11.0. The Kier molecular flexibility index (Phi) is 4.56. The van der Waals surface area contributed by atoms with Crippen molar-refractivity contribution >= 4 is 27.6 Å². The number of carboxylic acids is 1. The van der Waals surface area contributed by atoms with Crippen molar-refractivity contribution < 1.29 is 9.90 Å². The summed E-state index contributed by atoms with van der Waals surface area (Å²) >= 11 is 0. The summed E-state index contributed by atoms with van der Waals surface area (Å²) in [6.45, 7) is 0. The van der Waals surface area contributed by atoms with Gasteiger partial charge in [0.05, 0.1) is 11.2 Å². The molecule has 3 heteroatoms. The maximum Gasteiger partial charge on any atom is 0.303 e. The van der Waals surface area contributed by atoms with E-state index in [1.807, 2.05) is 18.2 Å². The lowest BCUT2D eigenvalue weighted by Crippen LogP contribution is -2.00. The van der Waals surface area contributed by atoms with Crippen molar-refractivity contribution in [3.63, 3.8) is 0 Å². The van der Waals surface area contributed by atoms with Gasteiger partial charge in [-0.15, -0.1) is 0 Å². The normalized spacial score (nSPS) is 11.2. The number of aromatic nitrogens is 1. The van der Waals surface area contributed by atoms with E-state index in [9.17, 15) is 4.79 Å². The summed E-state index contributed by atoms with van der Waals surface area (Å²) in [7, 11) is 0. The number of benzene rings is 4. The highest BCUT2D eigenvalue weighted by atomic mass is 16.4. The van der Waals surface area contributed by atoms with Crippen molar-refractivity contribution in [2.24, 2.45) is 0 Å². The molecule has 146 valence electrons. The van der Waals surface area contributed by atoms with E-state index in [1.54, 1.807) is 0 Å². The summed E-state index contributed by atoms with van der Waals surface area (Å²) in [6.07, 6.45) is 0.651. The molecule has 4 aromatic carbocycles. The second kappa shape index (κ2) is 7.53. The first-order chi connectivity index (χ1) is 14.7. The van der Waals surface area contributed by atoms with Gasteiger partial charge in [-0.05, 0) is 52.6 Å². The molecular formula is C27H21NO2. The molecule has 5 rings (SSSR count). The van der Waals surface area contributed by atoms with E-state index in [2.05, 4.69) is 83.4 Å². The molecule has 0 unspecified atom stereocenters. The molecule has 3 nitrogen and oxygen atoms in total. The lowest BCUT2D eigenvalue weighted by molar-refractivity contribution is -0.136. The van der Waals surface area contributed by atoms with Gasteiger partial charge in [0.25, 0.3) is 0 Å². The first-order valence-electron chi connectivity index (χ1n) is 10.1. The number of hydrogen-bond acceptors (Lipinski definition) is 1. The van der Waals surface area contributed by atoms with Crippen molar-refractivity contribution in [1.29, 1.82) is 0 Å². The third kappa shape index (κ3) is 3.25. The van der Waals surface area contributed by atoms with Crippen LogP contribution in [-0.4, -0.2) is 15.6 Å². The molecule has 0 bridgehead atoms. The molecule has 30 heavy (non-hydrogen) atoms. The quantitative estimate of drug-likeness (QED) is 0.373. The van der Waals surface area contributed by atoms with E-state index in [-0.39, 0.29) is 6.42 Å². The van der Waals surface area contributed by atoms with E-state index >= 15 is 0 Å². The van der Waals surface area contributed by atoms with Gasteiger partial charge >= 0.3 is 5.97 Å². The van der Waals surface area contributed by atoms with Gasteiger partial charge in [-0.1, -0.05) is 72.8 Å². The molecule has 1 N–H and O–H groups in total. The van der Waals surface area contributed by atoms with Gasteiger partial charge in [-0.2, -0.15) is 0 Å². The zero-order chi connectivity index (χ0) is 20.5. The molecule has 0 atom stereocenters. The molecule has 1 aromatic heterocycles. The Morgan fingerprint density at radius 2 is 1.57 bits per heavy atom. The molecule has 5 aromatic rings. The van der Waals surface area contributed by atoms with Crippen LogP contribution in [0.3, 0.4) is 0 Å². The highest BCUT2D eigenvalue weighted by molar-refractivity contribution is 6.09. The van der Waals surface area contributed by atoms with Crippen LogP contribution >= 0.6 is 0 Å². The zero-order valence-corrected chi connectivity index (χ0v) is 16.5. The SMILES string of the molecule is O=C(O)CCc1cccc(-n2c(-c3ccccc3)cc3c4ccccc4ccc32)c1. The van der Waals surface area contributed by atoms with E-state index in [0.717, 1.165) is 28.0 Å². The molecule has 0 amide bonds. The predicted molar refractivity (Wildman–Crippen MR) is 122 cm³/mol. The van der Waals surface area contributed by atoms with Gasteiger partial charge in [-0.3, -0.25) is 4.79 Å². The fourth-order valence-corrected chi connectivity index (χ4v) is 4.16. The lowest BCUT2D eigenvalue weighted by Gasteiger charge is -2.13. The third-order valence-corrected chi connectivity index (χ3v) is 5.58. The van der Waals surface area contributed by atoms with Crippen molar-refractivity contribution in [1.82, 2.24) is 4.57 Å².